The SMILES string of the molecule is COCCCNC(=O)[C@@H](C)NS(=O)(=O)c1cc(Cl)ccc1Cl. The van der Waals surface area contributed by atoms with Crippen LogP contribution < -0.4 is 10.0 Å². The number of nitrogens with one attached hydrogen (secondary N) is 2. The van der Waals surface area contributed by atoms with Gasteiger partial charge in [-0.25, -0.2) is 8.42 Å². The van der Waals surface area contributed by atoms with E-state index in [1.54, 1.807) is 7.11 Å². The highest BCUT2D eigenvalue weighted by atomic mass is 35.5. The molecule has 22 heavy (non-hydrogen) atoms. The minimum Gasteiger partial charge on any atom is -0.385 e. The van der Waals surface area contributed by atoms with Crippen LogP contribution in [-0.4, -0.2) is 40.6 Å². The van der Waals surface area contributed by atoms with E-state index in [0.29, 0.717) is 19.6 Å². The maximum absolute atomic E-state index is 12.2. The Hall–Kier alpha value is -0.860. The molecule has 1 atom stereocenters. The lowest BCUT2D eigenvalue weighted by molar-refractivity contribution is -0.122. The molecule has 0 aromatic heterocycles. The molecular formula is C13H18Cl2N2O4S. The number of hydrogen-bond donors (Lipinski definition) is 2. The molecule has 0 aliphatic heterocycles. The average molecular weight is 369 g/mol. The van der Waals surface area contributed by atoms with Crippen LogP contribution in [0.3, 0.4) is 0 Å². The van der Waals surface area contributed by atoms with Crippen LogP contribution in [0.25, 0.3) is 0 Å². The van der Waals surface area contributed by atoms with Crippen molar-refractivity contribution in [2.45, 2.75) is 24.3 Å². The van der Waals surface area contributed by atoms with Crippen molar-refractivity contribution in [1.29, 1.82) is 0 Å². The number of ether oxygens (including phenoxy) is 1. The number of carbonyl (C=O) groups excluding carboxylic acids is 1. The van der Waals surface area contributed by atoms with E-state index in [1.807, 2.05) is 0 Å². The molecular weight excluding hydrogens is 351 g/mol. The Kier molecular flexibility index (Phi) is 7.58. The summed E-state index contributed by atoms with van der Waals surface area (Å²) in [4.78, 5) is 11.7. The van der Waals surface area contributed by atoms with Crippen LogP contribution >= 0.6 is 23.2 Å². The van der Waals surface area contributed by atoms with Crippen molar-refractivity contribution in [2.24, 2.45) is 0 Å². The molecule has 0 bridgehead atoms. The lowest BCUT2D eigenvalue weighted by atomic mass is 10.3. The van der Waals surface area contributed by atoms with Gasteiger partial charge in [0, 0.05) is 25.3 Å². The third-order valence-corrected chi connectivity index (χ3v) is 4.99. The molecule has 124 valence electrons. The zero-order valence-corrected chi connectivity index (χ0v) is 14.6. The molecule has 1 amide bonds. The van der Waals surface area contributed by atoms with Crippen molar-refractivity contribution < 1.29 is 17.9 Å². The van der Waals surface area contributed by atoms with E-state index in [4.69, 9.17) is 27.9 Å². The van der Waals surface area contributed by atoms with Crippen LogP contribution in [-0.2, 0) is 19.6 Å². The molecule has 0 fully saturated rings. The van der Waals surface area contributed by atoms with E-state index in [2.05, 4.69) is 10.0 Å². The zero-order valence-electron chi connectivity index (χ0n) is 12.2. The van der Waals surface area contributed by atoms with E-state index < -0.39 is 22.0 Å². The minimum absolute atomic E-state index is 0.0320. The molecule has 0 heterocycles. The molecule has 6 nitrogen and oxygen atoms in total. The Morgan fingerprint density at radius 1 is 1.36 bits per heavy atom. The van der Waals surface area contributed by atoms with Crippen LogP contribution in [0, 0.1) is 0 Å². The first-order valence-corrected chi connectivity index (χ1v) is 8.76. The molecule has 0 aliphatic rings. The second-order valence-corrected chi connectivity index (χ2v) is 7.08. The summed E-state index contributed by atoms with van der Waals surface area (Å²) in [7, 11) is -2.38. The second kappa shape index (κ2) is 8.69. The largest absolute Gasteiger partial charge is 0.385 e. The van der Waals surface area contributed by atoms with Gasteiger partial charge in [-0.3, -0.25) is 4.79 Å². The molecule has 1 aromatic rings. The predicted octanol–water partition coefficient (Wildman–Crippen LogP) is 1.81. The van der Waals surface area contributed by atoms with Crippen molar-refractivity contribution >= 4 is 39.1 Å². The van der Waals surface area contributed by atoms with Crippen LogP contribution in [0.15, 0.2) is 23.1 Å². The maximum atomic E-state index is 12.2. The van der Waals surface area contributed by atoms with Crippen molar-refractivity contribution in [3.05, 3.63) is 28.2 Å². The van der Waals surface area contributed by atoms with Gasteiger partial charge in [0.25, 0.3) is 0 Å². The lowest BCUT2D eigenvalue weighted by Crippen LogP contribution is -2.45. The first-order valence-electron chi connectivity index (χ1n) is 6.52. The van der Waals surface area contributed by atoms with E-state index in [1.165, 1.54) is 25.1 Å². The van der Waals surface area contributed by atoms with E-state index in [-0.39, 0.29) is 14.9 Å². The molecule has 0 spiro atoms. The predicted molar refractivity (Wildman–Crippen MR) is 85.7 cm³/mol. The molecule has 0 unspecified atom stereocenters. The summed E-state index contributed by atoms with van der Waals surface area (Å²) >= 11 is 11.6. The quantitative estimate of drug-likeness (QED) is 0.685. The summed E-state index contributed by atoms with van der Waals surface area (Å²) in [6.07, 6.45) is 0.641. The number of hydrogen-bond acceptors (Lipinski definition) is 4. The summed E-state index contributed by atoms with van der Waals surface area (Å²) in [6.45, 7) is 2.36. The summed E-state index contributed by atoms with van der Waals surface area (Å²) in [6, 6.07) is 3.15. The molecule has 9 heteroatoms. The second-order valence-electron chi connectivity index (χ2n) is 4.56. The minimum atomic E-state index is -3.94. The van der Waals surface area contributed by atoms with Gasteiger partial charge in [-0.2, -0.15) is 4.72 Å². The monoisotopic (exact) mass is 368 g/mol. The molecule has 0 radical (unpaired) electrons. The Bertz CT molecular complexity index is 622. The van der Waals surface area contributed by atoms with Gasteiger partial charge >= 0.3 is 0 Å². The zero-order chi connectivity index (χ0) is 16.8. The Labute approximate surface area is 140 Å². The highest BCUT2D eigenvalue weighted by Crippen LogP contribution is 2.24. The van der Waals surface area contributed by atoms with Gasteiger partial charge in [0.1, 0.15) is 4.90 Å². The van der Waals surface area contributed by atoms with Gasteiger partial charge in [-0.15, -0.1) is 0 Å². The molecule has 2 N–H and O–H groups in total. The fourth-order valence-electron chi connectivity index (χ4n) is 1.61. The Morgan fingerprint density at radius 3 is 2.68 bits per heavy atom. The first kappa shape index (κ1) is 19.2. The number of halogens is 2. The van der Waals surface area contributed by atoms with Gasteiger partial charge in [-0.1, -0.05) is 23.2 Å². The molecule has 0 saturated heterocycles. The Balaban J connectivity index is 2.71. The normalized spacial score (nSPS) is 12.9. The third kappa shape index (κ3) is 5.73. The standard InChI is InChI=1S/C13H18Cl2N2O4S/c1-9(13(18)16-6-3-7-21-2)17-22(19,20)12-8-10(14)4-5-11(12)15/h4-5,8-9,17H,3,6-7H2,1-2H3,(H,16,18)/t9-/m1/s1. The summed E-state index contributed by atoms with van der Waals surface area (Å²) in [5.74, 6) is -0.433. The highest BCUT2D eigenvalue weighted by Gasteiger charge is 2.24. The van der Waals surface area contributed by atoms with E-state index in [0.717, 1.165) is 0 Å². The van der Waals surface area contributed by atoms with Gasteiger partial charge in [0.05, 0.1) is 11.1 Å². The van der Waals surface area contributed by atoms with Crippen LogP contribution in [0.5, 0.6) is 0 Å². The topological polar surface area (TPSA) is 84.5 Å². The number of rotatable bonds is 8. The van der Waals surface area contributed by atoms with Gasteiger partial charge in [-0.05, 0) is 31.5 Å². The van der Waals surface area contributed by atoms with E-state index in [9.17, 15) is 13.2 Å². The summed E-state index contributed by atoms with van der Waals surface area (Å²) in [5, 5.41) is 2.88. The maximum Gasteiger partial charge on any atom is 0.242 e. The summed E-state index contributed by atoms with van der Waals surface area (Å²) < 4.78 is 31.6. The highest BCUT2D eigenvalue weighted by molar-refractivity contribution is 7.89. The van der Waals surface area contributed by atoms with Crippen molar-refractivity contribution in [2.75, 3.05) is 20.3 Å². The molecule has 1 aromatic carbocycles. The van der Waals surface area contributed by atoms with Crippen LogP contribution in [0.4, 0.5) is 0 Å². The van der Waals surface area contributed by atoms with E-state index >= 15 is 0 Å². The van der Waals surface area contributed by atoms with Gasteiger partial charge in [0.2, 0.25) is 15.9 Å². The smallest absolute Gasteiger partial charge is 0.242 e. The van der Waals surface area contributed by atoms with Crippen molar-refractivity contribution in [3.8, 4) is 0 Å². The number of amides is 1. The molecule has 0 saturated carbocycles. The van der Waals surface area contributed by atoms with Crippen molar-refractivity contribution in [1.82, 2.24) is 10.0 Å². The van der Waals surface area contributed by atoms with Crippen molar-refractivity contribution in [3.63, 3.8) is 0 Å². The number of sulfonamides is 1. The number of methoxy groups -OCH3 is 1. The first-order chi connectivity index (χ1) is 10.3. The number of benzene rings is 1. The van der Waals surface area contributed by atoms with Gasteiger partial charge in [0.15, 0.2) is 0 Å². The Morgan fingerprint density at radius 2 is 2.05 bits per heavy atom. The lowest BCUT2D eigenvalue weighted by Gasteiger charge is -2.15. The summed E-state index contributed by atoms with van der Waals surface area (Å²) in [5.41, 5.74) is 0. The van der Waals surface area contributed by atoms with Crippen LogP contribution in [0.2, 0.25) is 10.0 Å². The fourth-order valence-corrected chi connectivity index (χ4v) is 3.58. The van der Waals surface area contributed by atoms with Crippen LogP contribution in [0.1, 0.15) is 13.3 Å². The fraction of sp³-hybridized carbons (Fsp3) is 0.462. The molecule has 0 aliphatic carbocycles. The third-order valence-electron chi connectivity index (χ3n) is 2.73. The molecule has 1 rings (SSSR count). The van der Waals surface area contributed by atoms with Gasteiger partial charge < -0.3 is 10.1 Å². The number of carbonyl (C=O) groups is 1. The average Bonchev–Trinajstić information content (AvgIpc) is 2.45.